The third-order valence-corrected chi connectivity index (χ3v) is 4.54. The SMILES string of the molecule is CO[C@@H]1CN(C(=O)c2ccoc2C2CC2)C[C@H]1c1cn[nH]n1. The van der Waals surface area contributed by atoms with Crippen LogP contribution < -0.4 is 0 Å². The molecule has 1 N–H and O–H groups in total. The van der Waals surface area contributed by atoms with Gasteiger partial charge >= 0.3 is 0 Å². The zero-order valence-corrected chi connectivity index (χ0v) is 12.4. The molecule has 0 unspecified atom stereocenters. The first-order valence-corrected chi connectivity index (χ1v) is 7.53. The number of furan rings is 1. The van der Waals surface area contributed by atoms with Gasteiger partial charge in [0.2, 0.25) is 0 Å². The molecule has 2 aliphatic rings. The molecule has 2 atom stereocenters. The number of carbonyl (C=O) groups excluding carboxylic acids is 1. The molecular weight excluding hydrogens is 284 g/mol. The summed E-state index contributed by atoms with van der Waals surface area (Å²) in [5.41, 5.74) is 1.52. The Bertz CT molecular complexity index is 662. The molecule has 2 aromatic rings. The van der Waals surface area contributed by atoms with Gasteiger partial charge in [0.1, 0.15) is 5.76 Å². The number of ether oxygens (including phenoxy) is 1. The van der Waals surface area contributed by atoms with E-state index in [4.69, 9.17) is 9.15 Å². The van der Waals surface area contributed by atoms with Gasteiger partial charge in [-0.25, -0.2) is 0 Å². The minimum atomic E-state index is -0.0645. The normalized spacial score (nSPS) is 24.9. The molecule has 1 saturated heterocycles. The summed E-state index contributed by atoms with van der Waals surface area (Å²) >= 11 is 0. The average Bonchev–Trinajstić information content (AvgIpc) is 3.02. The Morgan fingerprint density at radius 3 is 3.00 bits per heavy atom. The molecule has 2 fully saturated rings. The van der Waals surface area contributed by atoms with Crippen LogP contribution in [0.15, 0.2) is 22.9 Å². The fraction of sp³-hybridized carbons (Fsp3) is 0.533. The Morgan fingerprint density at radius 1 is 1.45 bits per heavy atom. The van der Waals surface area contributed by atoms with Crippen molar-refractivity contribution in [1.82, 2.24) is 20.3 Å². The van der Waals surface area contributed by atoms with E-state index >= 15 is 0 Å². The maximum atomic E-state index is 12.8. The highest BCUT2D eigenvalue weighted by molar-refractivity contribution is 5.95. The number of methoxy groups -OCH3 is 1. The molecule has 0 bridgehead atoms. The Balaban J connectivity index is 1.55. The molecule has 22 heavy (non-hydrogen) atoms. The minimum Gasteiger partial charge on any atom is -0.468 e. The lowest BCUT2D eigenvalue weighted by Gasteiger charge is -2.15. The Labute approximate surface area is 127 Å². The molecule has 7 nitrogen and oxygen atoms in total. The summed E-state index contributed by atoms with van der Waals surface area (Å²) in [4.78, 5) is 14.6. The standard InChI is InChI=1S/C15H18N4O3/c1-21-13-8-19(7-11(13)12-6-16-18-17-12)15(20)10-4-5-22-14(10)9-2-3-9/h4-6,9,11,13H,2-3,7-8H2,1H3,(H,16,17,18)/t11-,13+/m0/s1. The molecule has 1 amide bonds. The van der Waals surface area contributed by atoms with Crippen molar-refractivity contribution in [3.05, 3.63) is 35.5 Å². The van der Waals surface area contributed by atoms with Gasteiger partial charge in [0.05, 0.1) is 35.7 Å². The van der Waals surface area contributed by atoms with Gasteiger partial charge in [-0.1, -0.05) is 0 Å². The second kappa shape index (κ2) is 5.24. The van der Waals surface area contributed by atoms with Gasteiger partial charge in [-0.15, -0.1) is 0 Å². The van der Waals surface area contributed by atoms with Crippen LogP contribution in [0.4, 0.5) is 0 Å². The van der Waals surface area contributed by atoms with Gasteiger partial charge in [0.25, 0.3) is 5.91 Å². The van der Waals surface area contributed by atoms with Gasteiger partial charge < -0.3 is 14.1 Å². The fourth-order valence-electron chi connectivity index (χ4n) is 3.18. The molecule has 3 heterocycles. The van der Waals surface area contributed by atoms with Crippen molar-refractivity contribution in [1.29, 1.82) is 0 Å². The van der Waals surface area contributed by atoms with Crippen molar-refractivity contribution in [3.63, 3.8) is 0 Å². The number of H-pyrrole nitrogens is 1. The third-order valence-electron chi connectivity index (χ3n) is 4.54. The van der Waals surface area contributed by atoms with Crippen LogP contribution >= 0.6 is 0 Å². The molecule has 1 aliphatic heterocycles. The molecule has 0 spiro atoms. The first-order valence-electron chi connectivity index (χ1n) is 7.53. The number of amides is 1. The lowest BCUT2D eigenvalue weighted by Crippen LogP contribution is -2.30. The summed E-state index contributed by atoms with van der Waals surface area (Å²) in [5, 5.41) is 10.6. The smallest absolute Gasteiger partial charge is 0.257 e. The molecule has 4 rings (SSSR count). The topological polar surface area (TPSA) is 84.2 Å². The van der Waals surface area contributed by atoms with E-state index in [1.165, 1.54) is 0 Å². The molecule has 7 heteroatoms. The van der Waals surface area contributed by atoms with E-state index in [2.05, 4.69) is 15.4 Å². The number of carbonyl (C=O) groups is 1. The van der Waals surface area contributed by atoms with Gasteiger partial charge in [-0.2, -0.15) is 15.4 Å². The third kappa shape index (κ3) is 2.21. The Kier molecular flexibility index (Phi) is 3.22. The monoisotopic (exact) mass is 302 g/mol. The Hall–Kier alpha value is -2.15. The van der Waals surface area contributed by atoms with Crippen LogP contribution in [0.2, 0.25) is 0 Å². The molecule has 1 saturated carbocycles. The van der Waals surface area contributed by atoms with Crippen LogP contribution in [0.5, 0.6) is 0 Å². The van der Waals surface area contributed by atoms with Gasteiger partial charge in [-0.05, 0) is 18.9 Å². The molecule has 0 radical (unpaired) electrons. The number of likely N-dealkylation sites (tertiary alicyclic amines) is 1. The summed E-state index contributed by atoms with van der Waals surface area (Å²) < 4.78 is 11.1. The van der Waals surface area contributed by atoms with E-state index in [1.807, 2.05) is 4.90 Å². The summed E-state index contributed by atoms with van der Waals surface area (Å²) in [6.07, 6.45) is 5.45. The molecule has 2 aromatic heterocycles. The second-order valence-electron chi connectivity index (χ2n) is 5.96. The maximum Gasteiger partial charge on any atom is 0.257 e. The van der Waals surface area contributed by atoms with Crippen LogP contribution in [-0.2, 0) is 4.74 Å². The van der Waals surface area contributed by atoms with Crippen molar-refractivity contribution < 1.29 is 13.9 Å². The molecule has 116 valence electrons. The average molecular weight is 302 g/mol. The predicted octanol–water partition coefficient (Wildman–Crippen LogP) is 1.53. The number of hydrogen-bond donors (Lipinski definition) is 1. The number of aromatic nitrogens is 3. The van der Waals surface area contributed by atoms with Crippen molar-refractivity contribution in [3.8, 4) is 0 Å². The summed E-state index contributed by atoms with van der Waals surface area (Å²) in [7, 11) is 1.67. The lowest BCUT2D eigenvalue weighted by molar-refractivity contribution is 0.0712. The Morgan fingerprint density at radius 2 is 2.32 bits per heavy atom. The van der Waals surface area contributed by atoms with E-state index in [1.54, 1.807) is 25.6 Å². The van der Waals surface area contributed by atoms with Crippen LogP contribution in [0, 0.1) is 0 Å². The van der Waals surface area contributed by atoms with E-state index in [9.17, 15) is 4.79 Å². The highest BCUT2D eigenvalue weighted by Gasteiger charge is 2.40. The van der Waals surface area contributed by atoms with E-state index in [0.717, 1.165) is 24.3 Å². The van der Waals surface area contributed by atoms with Crippen LogP contribution in [0.3, 0.4) is 0 Å². The number of nitrogens with one attached hydrogen (secondary N) is 1. The highest BCUT2D eigenvalue weighted by Crippen LogP contribution is 2.42. The van der Waals surface area contributed by atoms with Crippen LogP contribution in [-0.4, -0.2) is 52.5 Å². The quantitative estimate of drug-likeness (QED) is 0.926. The van der Waals surface area contributed by atoms with Crippen molar-refractivity contribution in [2.24, 2.45) is 0 Å². The zero-order chi connectivity index (χ0) is 15.1. The van der Waals surface area contributed by atoms with Crippen molar-refractivity contribution in [2.45, 2.75) is 30.8 Å². The molecule has 0 aromatic carbocycles. The van der Waals surface area contributed by atoms with Gasteiger partial charge in [-0.3, -0.25) is 4.79 Å². The van der Waals surface area contributed by atoms with Crippen molar-refractivity contribution in [2.75, 3.05) is 20.2 Å². The first-order chi connectivity index (χ1) is 10.8. The van der Waals surface area contributed by atoms with E-state index in [0.29, 0.717) is 24.6 Å². The minimum absolute atomic E-state index is 0.0173. The van der Waals surface area contributed by atoms with E-state index in [-0.39, 0.29) is 17.9 Å². The predicted molar refractivity (Wildman–Crippen MR) is 76.5 cm³/mol. The number of rotatable bonds is 4. The largest absolute Gasteiger partial charge is 0.468 e. The fourth-order valence-corrected chi connectivity index (χ4v) is 3.18. The number of aromatic amines is 1. The number of hydrogen-bond acceptors (Lipinski definition) is 5. The summed E-state index contributed by atoms with van der Waals surface area (Å²) in [5.74, 6) is 1.32. The van der Waals surface area contributed by atoms with Crippen molar-refractivity contribution >= 4 is 5.91 Å². The van der Waals surface area contributed by atoms with Crippen LogP contribution in [0.1, 0.15) is 46.5 Å². The van der Waals surface area contributed by atoms with Crippen LogP contribution in [0.25, 0.3) is 0 Å². The van der Waals surface area contributed by atoms with Gasteiger partial charge in [0.15, 0.2) is 0 Å². The highest BCUT2D eigenvalue weighted by atomic mass is 16.5. The number of nitrogens with zero attached hydrogens (tertiary/aromatic N) is 3. The summed E-state index contributed by atoms with van der Waals surface area (Å²) in [6.45, 7) is 1.14. The second-order valence-corrected chi connectivity index (χ2v) is 5.96. The lowest BCUT2D eigenvalue weighted by atomic mass is 10.0. The maximum absolute atomic E-state index is 12.8. The van der Waals surface area contributed by atoms with Gasteiger partial charge in [0, 0.05) is 26.1 Å². The summed E-state index contributed by atoms with van der Waals surface area (Å²) in [6, 6.07) is 1.78. The molecular formula is C15H18N4O3. The zero-order valence-electron chi connectivity index (χ0n) is 12.4. The van der Waals surface area contributed by atoms with E-state index < -0.39 is 0 Å². The molecule has 1 aliphatic carbocycles. The first kappa shape index (κ1) is 13.5.